The third kappa shape index (κ3) is 4.09. The van der Waals surface area contributed by atoms with Crippen LogP contribution in [0.1, 0.15) is 26.5 Å². The van der Waals surface area contributed by atoms with Gasteiger partial charge in [-0.05, 0) is 38.0 Å². The van der Waals surface area contributed by atoms with Crippen LogP contribution < -0.4 is 5.32 Å². The van der Waals surface area contributed by atoms with Gasteiger partial charge in [-0.2, -0.15) is 0 Å². The molecule has 4 heteroatoms. The Morgan fingerprint density at radius 2 is 1.75 bits per heavy atom. The maximum absolute atomic E-state index is 12.1. The first-order valence-corrected chi connectivity index (χ1v) is 8.86. The first-order valence-electron chi connectivity index (χ1n) is 7.98. The summed E-state index contributed by atoms with van der Waals surface area (Å²) in [5, 5.41) is 6.12. The van der Waals surface area contributed by atoms with Crippen molar-refractivity contribution in [2.24, 2.45) is 0 Å². The number of aryl methyl sites for hydroxylation is 2. The van der Waals surface area contributed by atoms with Gasteiger partial charge >= 0.3 is 0 Å². The maximum Gasteiger partial charge on any atom is 0.251 e. The number of hydrogen-bond acceptors (Lipinski definition) is 3. The molecule has 1 heterocycles. The van der Waals surface area contributed by atoms with E-state index in [0.717, 1.165) is 28.2 Å². The van der Waals surface area contributed by atoms with E-state index in [9.17, 15) is 4.79 Å². The van der Waals surface area contributed by atoms with Gasteiger partial charge in [0, 0.05) is 23.1 Å². The van der Waals surface area contributed by atoms with E-state index in [1.54, 1.807) is 11.3 Å². The van der Waals surface area contributed by atoms with E-state index in [1.807, 2.05) is 38.1 Å². The number of aromatic nitrogens is 1. The molecule has 0 radical (unpaired) electrons. The second kappa shape index (κ2) is 7.41. The Morgan fingerprint density at radius 1 is 1.04 bits per heavy atom. The van der Waals surface area contributed by atoms with Crippen LogP contribution in [0.15, 0.2) is 53.9 Å². The Morgan fingerprint density at radius 3 is 2.38 bits per heavy atom. The van der Waals surface area contributed by atoms with Crippen molar-refractivity contribution in [3.05, 3.63) is 75.6 Å². The maximum atomic E-state index is 12.1. The molecule has 0 saturated heterocycles. The van der Waals surface area contributed by atoms with Gasteiger partial charge in [0.25, 0.3) is 5.91 Å². The van der Waals surface area contributed by atoms with E-state index in [1.165, 1.54) is 5.56 Å². The van der Waals surface area contributed by atoms with Crippen molar-refractivity contribution in [3.8, 4) is 11.3 Å². The average molecular weight is 336 g/mol. The van der Waals surface area contributed by atoms with E-state index in [-0.39, 0.29) is 5.91 Å². The van der Waals surface area contributed by atoms with Gasteiger partial charge in [0.2, 0.25) is 0 Å². The molecule has 0 aliphatic heterocycles. The summed E-state index contributed by atoms with van der Waals surface area (Å²) in [7, 11) is 0. The molecule has 1 aromatic heterocycles. The van der Waals surface area contributed by atoms with Crippen molar-refractivity contribution in [2.75, 3.05) is 6.54 Å². The lowest BCUT2D eigenvalue weighted by molar-refractivity contribution is 0.0954. The molecule has 0 aliphatic carbocycles. The van der Waals surface area contributed by atoms with Crippen LogP contribution in [0.3, 0.4) is 0 Å². The lowest BCUT2D eigenvalue weighted by Gasteiger charge is -2.06. The third-order valence-corrected chi connectivity index (χ3v) is 4.66. The molecule has 0 fully saturated rings. The number of amides is 1. The van der Waals surface area contributed by atoms with Crippen LogP contribution in [0.4, 0.5) is 0 Å². The highest BCUT2D eigenvalue weighted by Gasteiger charge is 2.05. The van der Waals surface area contributed by atoms with Gasteiger partial charge in [-0.25, -0.2) is 4.98 Å². The molecule has 3 nitrogen and oxygen atoms in total. The Kier molecular flexibility index (Phi) is 5.06. The number of rotatable bonds is 5. The molecular weight excluding hydrogens is 316 g/mol. The summed E-state index contributed by atoms with van der Waals surface area (Å²) in [6.45, 7) is 4.65. The molecule has 0 unspecified atom stereocenters. The van der Waals surface area contributed by atoms with Gasteiger partial charge in [0.1, 0.15) is 0 Å². The summed E-state index contributed by atoms with van der Waals surface area (Å²) >= 11 is 1.66. The molecule has 0 aliphatic rings. The fourth-order valence-corrected chi connectivity index (χ4v) is 3.09. The van der Waals surface area contributed by atoms with Gasteiger partial charge in [0.15, 0.2) is 0 Å². The smallest absolute Gasteiger partial charge is 0.251 e. The van der Waals surface area contributed by atoms with Gasteiger partial charge in [-0.15, -0.1) is 11.3 Å². The standard InChI is InChI=1S/C20H20N2OS/c1-14-3-7-18(8-4-14)20(23)21-12-11-16-5-9-17(10-6-16)19-13-24-15(2)22-19/h3-10,13H,11-12H2,1-2H3,(H,21,23). The summed E-state index contributed by atoms with van der Waals surface area (Å²) in [5.74, 6) is -0.0235. The van der Waals surface area contributed by atoms with Crippen LogP contribution in [-0.2, 0) is 6.42 Å². The van der Waals surface area contributed by atoms with Crippen molar-refractivity contribution in [1.29, 1.82) is 0 Å². The molecule has 1 amide bonds. The van der Waals surface area contributed by atoms with Crippen LogP contribution in [-0.4, -0.2) is 17.4 Å². The Bertz CT molecular complexity index is 820. The monoisotopic (exact) mass is 336 g/mol. The molecule has 3 aromatic rings. The summed E-state index contributed by atoms with van der Waals surface area (Å²) in [4.78, 5) is 16.6. The number of hydrogen-bond donors (Lipinski definition) is 1. The first-order chi connectivity index (χ1) is 11.6. The quantitative estimate of drug-likeness (QED) is 0.750. The first kappa shape index (κ1) is 16.4. The van der Waals surface area contributed by atoms with Crippen LogP contribution in [0.5, 0.6) is 0 Å². The van der Waals surface area contributed by atoms with Crippen LogP contribution in [0, 0.1) is 13.8 Å². The number of nitrogens with one attached hydrogen (secondary N) is 1. The Labute approximate surface area is 146 Å². The number of benzene rings is 2. The zero-order chi connectivity index (χ0) is 16.9. The Hall–Kier alpha value is -2.46. The fourth-order valence-electron chi connectivity index (χ4n) is 2.47. The second-order valence-corrected chi connectivity index (χ2v) is 6.88. The van der Waals surface area contributed by atoms with E-state index >= 15 is 0 Å². The summed E-state index contributed by atoms with van der Waals surface area (Å²) in [6, 6.07) is 16.0. The molecule has 0 spiro atoms. The van der Waals surface area contributed by atoms with Crippen molar-refractivity contribution < 1.29 is 4.79 Å². The fraction of sp³-hybridized carbons (Fsp3) is 0.200. The molecule has 24 heavy (non-hydrogen) atoms. The number of carbonyl (C=O) groups is 1. The average Bonchev–Trinajstić information content (AvgIpc) is 3.02. The number of nitrogens with zero attached hydrogens (tertiary/aromatic N) is 1. The number of carbonyl (C=O) groups excluding carboxylic acids is 1. The minimum atomic E-state index is -0.0235. The highest BCUT2D eigenvalue weighted by atomic mass is 32.1. The molecule has 1 N–H and O–H groups in total. The third-order valence-electron chi connectivity index (χ3n) is 3.88. The molecule has 0 atom stereocenters. The zero-order valence-corrected chi connectivity index (χ0v) is 14.7. The van der Waals surface area contributed by atoms with Crippen molar-refractivity contribution in [3.63, 3.8) is 0 Å². The normalized spacial score (nSPS) is 10.6. The summed E-state index contributed by atoms with van der Waals surface area (Å²) in [5.41, 5.74) is 5.22. The van der Waals surface area contributed by atoms with Crippen molar-refractivity contribution >= 4 is 17.2 Å². The van der Waals surface area contributed by atoms with Crippen molar-refractivity contribution in [2.45, 2.75) is 20.3 Å². The van der Waals surface area contributed by atoms with Crippen LogP contribution >= 0.6 is 11.3 Å². The second-order valence-electron chi connectivity index (χ2n) is 5.82. The molecule has 2 aromatic carbocycles. The van der Waals surface area contributed by atoms with E-state index < -0.39 is 0 Å². The largest absolute Gasteiger partial charge is 0.352 e. The summed E-state index contributed by atoms with van der Waals surface area (Å²) in [6.07, 6.45) is 0.813. The minimum Gasteiger partial charge on any atom is -0.352 e. The zero-order valence-electron chi connectivity index (χ0n) is 13.9. The SMILES string of the molecule is Cc1ccc(C(=O)NCCc2ccc(-c3csc(C)n3)cc2)cc1. The van der Waals surface area contributed by atoms with E-state index in [0.29, 0.717) is 12.1 Å². The topological polar surface area (TPSA) is 42.0 Å². The molecule has 3 rings (SSSR count). The lowest BCUT2D eigenvalue weighted by atomic mass is 10.1. The molecule has 122 valence electrons. The van der Waals surface area contributed by atoms with Gasteiger partial charge in [-0.1, -0.05) is 42.0 Å². The molecule has 0 saturated carbocycles. The predicted molar refractivity (Wildman–Crippen MR) is 99.5 cm³/mol. The predicted octanol–water partition coefficient (Wildman–Crippen LogP) is 4.40. The Balaban J connectivity index is 1.53. The lowest BCUT2D eigenvalue weighted by Crippen LogP contribution is -2.25. The summed E-state index contributed by atoms with van der Waals surface area (Å²) < 4.78 is 0. The molecule has 0 bridgehead atoms. The van der Waals surface area contributed by atoms with Crippen molar-refractivity contribution in [1.82, 2.24) is 10.3 Å². The van der Waals surface area contributed by atoms with E-state index in [2.05, 4.69) is 39.9 Å². The minimum absolute atomic E-state index is 0.0235. The van der Waals surface area contributed by atoms with Crippen LogP contribution in [0.2, 0.25) is 0 Å². The highest BCUT2D eigenvalue weighted by Crippen LogP contribution is 2.21. The van der Waals surface area contributed by atoms with Crippen LogP contribution in [0.25, 0.3) is 11.3 Å². The highest BCUT2D eigenvalue weighted by molar-refractivity contribution is 7.09. The number of thiazole rings is 1. The van der Waals surface area contributed by atoms with E-state index in [4.69, 9.17) is 0 Å². The van der Waals surface area contributed by atoms with Gasteiger partial charge in [-0.3, -0.25) is 4.79 Å². The molecular formula is C20H20N2OS. The van der Waals surface area contributed by atoms with Gasteiger partial charge in [0.05, 0.1) is 10.7 Å². The van der Waals surface area contributed by atoms with Gasteiger partial charge < -0.3 is 5.32 Å².